The minimum atomic E-state index is -0.198. The van der Waals surface area contributed by atoms with Gasteiger partial charge < -0.3 is 9.64 Å². The summed E-state index contributed by atoms with van der Waals surface area (Å²) in [6.07, 6.45) is 2.54. The molecular formula is C5H7BN2O2. The summed E-state index contributed by atoms with van der Waals surface area (Å²) in [5.74, 6) is -0.198. The largest absolute Gasteiger partial charge is 0.451 e. The van der Waals surface area contributed by atoms with Crippen LogP contribution in [0.2, 0.25) is 6.82 Å². The van der Waals surface area contributed by atoms with E-state index in [0.29, 0.717) is 13.1 Å². The monoisotopic (exact) mass is 138 g/mol. The van der Waals surface area contributed by atoms with Gasteiger partial charge in [-0.3, -0.25) is 4.79 Å². The van der Waals surface area contributed by atoms with Crippen LogP contribution in [0.5, 0.6) is 0 Å². The van der Waals surface area contributed by atoms with Crippen LogP contribution in [0.25, 0.3) is 0 Å². The average Bonchev–Trinajstić information content (AvgIpc) is 2.38. The van der Waals surface area contributed by atoms with Gasteiger partial charge in [0, 0.05) is 0 Å². The van der Waals surface area contributed by atoms with E-state index in [4.69, 9.17) is 0 Å². The summed E-state index contributed by atoms with van der Waals surface area (Å²) in [5, 5.41) is 2.59. The van der Waals surface area contributed by atoms with Crippen molar-refractivity contribution in [2.45, 2.75) is 6.82 Å². The second-order valence-corrected chi connectivity index (χ2v) is 1.73. The molecule has 0 fully saturated rings. The van der Waals surface area contributed by atoms with Gasteiger partial charge in [-0.05, 0) is 0 Å². The normalized spacial score (nSPS) is 8.90. The molecule has 5 heteroatoms. The van der Waals surface area contributed by atoms with Crippen molar-refractivity contribution >= 4 is 13.3 Å². The lowest BCUT2D eigenvalue weighted by atomic mass is 10.0. The lowest BCUT2D eigenvalue weighted by molar-refractivity contribution is 0.0976. The summed E-state index contributed by atoms with van der Waals surface area (Å²) in [7, 11) is 0.603. The maximum Gasteiger partial charge on any atom is 0.261 e. The van der Waals surface area contributed by atoms with Gasteiger partial charge in [-0.25, -0.2) is 4.98 Å². The molecule has 1 rings (SSSR count). The molecule has 0 saturated heterocycles. The average molecular weight is 138 g/mol. The molecule has 10 heavy (non-hydrogen) atoms. The molecule has 4 nitrogen and oxygen atoms in total. The number of oxazole rings is 1. The topological polar surface area (TPSA) is 55.1 Å². The first-order valence-electron chi connectivity index (χ1n) is 3.01. The Kier molecular flexibility index (Phi) is 2.09. The fourth-order valence-electron chi connectivity index (χ4n) is 0.576. The first-order valence-corrected chi connectivity index (χ1v) is 3.01. The number of rotatable bonds is 2. The molecule has 1 heterocycles. The fourth-order valence-corrected chi connectivity index (χ4v) is 0.576. The zero-order valence-corrected chi connectivity index (χ0v) is 5.63. The lowest BCUT2D eigenvalue weighted by Crippen LogP contribution is -2.25. The maximum atomic E-state index is 10.9. The molecule has 1 amide bonds. The molecule has 0 aliphatic carbocycles. The lowest BCUT2D eigenvalue weighted by Gasteiger charge is -1.93. The molecule has 0 unspecified atom stereocenters. The van der Waals surface area contributed by atoms with Crippen LogP contribution in [0.1, 0.15) is 10.5 Å². The second kappa shape index (κ2) is 3.05. The van der Waals surface area contributed by atoms with E-state index >= 15 is 0 Å². The van der Waals surface area contributed by atoms with E-state index < -0.39 is 0 Å². The van der Waals surface area contributed by atoms with Crippen LogP contribution in [-0.4, -0.2) is 18.3 Å². The quantitative estimate of drug-likeness (QED) is 0.576. The van der Waals surface area contributed by atoms with Gasteiger partial charge in [0.05, 0.1) is 0 Å². The third-order valence-corrected chi connectivity index (χ3v) is 1.00. The SMILES string of the molecule is CBNC(=O)c1cocn1. The highest BCUT2D eigenvalue weighted by molar-refractivity contribution is 6.36. The molecule has 0 aliphatic rings. The number of hydrogen-bond donors (Lipinski definition) is 1. The van der Waals surface area contributed by atoms with Crippen molar-refractivity contribution in [1.29, 1.82) is 0 Å². The summed E-state index contributed by atoms with van der Waals surface area (Å²) >= 11 is 0. The van der Waals surface area contributed by atoms with Crippen LogP contribution >= 0.6 is 0 Å². The molecule has 0 aromatic carbocycles. The molecular weight excluding hydrogens is 131 g/mol. The predicted octanol–water partition coefficient (Wildman–Crippen LogP) is -0.196. The van der Waals surface area contributed by atoms with E-state index in [1.807, 2.05) is 6.82 Å². The molecule has 0 atom stereocenters. The highest BCUT2D eigenvalue weighted by Gasteiger charge is 2.05. The minimum Gasteiger partial charge on any atom is -0.451 e. The van der Waals surface area contributed by atoms with Crippen molar-refractivity contribution in [1.82, 2.24) is 10.2 Å². The summed E-state index contributed by atoms with van der Waals surface area (Å²) in [5.41, 5.74) is 0.321. The van der Waals surface area contributed by atoms with Crippen molar-refractivity contribution in [3.05, 3.63) is 18.4 Å². The fraction of sp³-hybridized carbons (Fsp3) is 0.200. The Labute approximate surface area is 58.9 Å². The van der Waals surface area contributed by atoms with Gasteiger partial charge in [0.25, 0.3) is 5.91 Å². The van der Waals surface area contributed by atoms with Gasteiger partial charge in [0.1, 0.15) is 6.26 Å². The first kappa shape index (κ1) is 6.86. The molecule has 1 N–H and O–H groups in total. The van der Waals surface area contributed by atoms with E-state index in [9.17, 15) is 4.79 Å². The Balaban J connectivity index is 2.59. The van der Waals surface area contributed by atoms with E-state index in [2.05, 4.69) is 14.6 Å². The summed E-state index contributed by atoms with van der Waals surface area (Å²) in [4.78, 5) is 14.5. The number of aromatic nitrogens is 1. The Hall–Kier alpha value is -1.26. The zero-order chi connectivity index (χ0) is 7.40. The van der Waals surface area contributed by atoms with Crippen LogP contribution in [0.15, 0.2) is 17.1 Å². The van der Waals surface area contributed by atoms with Crippen LogP contribution in [0.3, 0.4) is 0 Å². The molecule has 0 radical (unpaired) electrons. The molecule has 1 aromatic rings. The van der Waals surface area contributed by atoms with Gasteiger partial charge in [-0.15, -0.1) is 0 Å². The molecule has 0 bridgehead atoms. The van der Waals surface area contributed by atoms with Crippen molar-refractivity contribution in [3.8, 4) is 0 Å². The molecule has 0 aliphatic heterocycles. The smallest absolute Gasteiger partial charge is 0.261 e. The standard InChI is InChI=1S/C5H7BN2O2/c1-6-8-5(9)4-2-10-3-7-4/h2-3,6H,1H3,(H,8,9). The third-order valence-electron chi connectivity index (χ3n) is 1.00. The Bertz CT molecular complexity index is 209. The number of nitrogens with zero attached hydrogens (tertiary/aromatic N) is 1. The summed E-state index contributed by atoms with van der Waals surface area (Å²) < 4.78 is 4.61. The van der Waals surface area contributed by atoms with Gasteiger partial charge in [0.15, 0.2) is 12.1 Å². The van der Waals surface area contributed by atoms with Crippen molar-refractivity contribution in [2.75, 3.05) is 0 Å². The molecule has 0 spiro atoms. The van der Waals surface area contributed by atoms with Crippen LogP contribution in [-0.2, 0) is 0 Å². The number of carbonyl (C=O) groups is 1. The highest BCUT2D eigenvalue weighted by Crippen LogP contribution is 1.91. The van der Waals surface area contributed by atoms with Gasteiger partial charge >= 0.3 is 0 Å². The van der Waals surface area contributed by atoms with Gasteiger partial charge in [-0.2, -0.15) is 0 Å². The predicted molar refractivity (Wildman–Crippen MR) is 37.0 cm³/mol. The molecule has 52 valence electrons. The zero-order valence-electron chi connectivity index (χ0n) is 5.63. The van der Waals surface area contributed by atoms with Gasteiger partial charge in [-0.1, -0.05) is 6.82 Å². The Morgan fingerprint density at radius 3 is 3.20 bits per heavy atom. The first-order chi connectivity index (χ1) is 4.84. The van der Waals surface area contributed by atoms with E-state index in [1.54, 1.807) is 0 Å². The highest BCUT2D eigenvalue weighted by atomic mass is 16.3. The van der Waals surface area contributed by atoms with Crippen LogP contribution < -0.4 is 5.23 Å². The number of amides is 1. The summed E-state index contributed by atoms with van der Waals surface area (Å²) in [6, 6.07) is 0. The Morgan fingerprint density at radius 1 is 1.90 bits per heavy atom. The van der Waals surface area contributed by atoms with Crippen LogP contribution in [0, 0.1) is 0 Å². The molecule has 1 aromatic heterocycles. The van der Waals surface area contributed by atoms with Crippen molar-refractivity contribution in [2.24, 2.45) is 0 Å². The maximum absolute atomic E-state index is 10.9. The van der Waals surface area contributed by atoms with Crippen LogP contribution in [0.4, 0.5) is 0 Å². The Morgan fingerprint density at radius 2 is 2.70 bits per heavy atom. The van der Waals surface area contributed by atoms with Gasteiger partial charge in [0.2, 0.25) is 7.41 Å². The summed E-state index contributed by atoms with van der Waals surface area (Å²) in [6.45, 7) is 1.85. The number of nitrogens with one attached hydrogen (secondary N) is 1. The molecule has 0 saturated carbocycles. The van der Waals surface area contributed by atoms with E-state index in [1.165, 1.54) is 12.7 Å². The second-order valence-electron chi connectivity index (χ2n) is 1.73. The third kappa shape index (κ3) is 1.37. The minimum absolute atomic E-state index is 0.198. The number of carbonyl (C=O) groups excluding carboxylic acids is 1. The van der Waals surface area contributed by atoms with Crippen molar-refractivity contribution in [3.63, 3.8) is 0 Å². The van der Waals surface area contributed by atoms with E-state index in [-0.39, 0.29) is 5.91 Å². The van der Waals surface area contributed by atoms with Crippen molar-refractivity contribution < 1.29 is 9.21 Å². The number of hydrogen-bond acceptors (Lipinski definition) is 3. The van der Waals surface area contributed by atoms with E-state index in [0.717, 1.165) is 0 Å².